The molecule has 8 heteroatoms. The standard InChI is InChI=1S/C23H30ClNO5S/c1-17-14-19(8-11-22(17)29-13-5-12-24)23(2,3)18-6-9-21(10-7-18)30-16-20(26)15-25-31(4,27)28/h6-11,14,25H,5,12-13,15-16H2,1-4H3. The summed E-state index contributed by atoms with van der Waals surface area (Å²) in [6, 6.07) is 13.8. The minimum Gasteiger partial charge on any atom is -0.493 e. The lowest BCUT2D eigenvalue weighted by molar-refractivity contribution is -0.119. The number of hydrogen-bond acceptors (Lipinski definition) is 5. The second-order valence-electron chi connectivity index (χ2n) is 7.94. The summed E-state index contributed by atoms with van der Waals surface area (Å²) in [6.07, 6.45) is 1.81. The molecular weight excluding hydrogens is 438 g/mol. The molecule has 0 bridgehead atoms. The van der Waals surface area contributed by atoms with Gasteiger partial charge in [-0.05, 0) is 48.2 Å². The maximum absolute atomic E-state index is 11.7. The van der Waals surface area contributed by atoms with Gasteiger partial charge in [-0.1, -0.05) is 38.1 Å². The van der Waals surface area contributed by atoms with E-state index in [4.69, 9.17) is 21.1 Å². The van der Waals surface area contributed by atoms with Crippen LogP contribution in [0.3, 0.4) is 0 Å². The lowest BCUT2D eigenvalue weighted by atomic mass is 9.77. The minimum absolute atomic E-state index is 0.199. The molecule has 6 nitrogen and oxygen atoms in total. The normalized spacial score (nSPS) is 11.9. The van der Waals surface area contributed by atoms with Crippen LogP contribution in [0.5, 0.6) is 11.5 Å². The van der Waals surface area contributed by atoms with Crippen molar-refractivity contribution >= 4 is 27.4 Å². The van der Waals surface area contributed by atoms with Gasteiger partial charge in [-0.3, -0.25) is 4.79 Å². The summed E-state index contributed by atoms with van der Waals surface area (Å²) >= 11 is 5.71. The summed E-state index contributed by atoms with van der Waals surface area (Å²) in [4.78, 5) is 11.7. The van der Waals surface area contributed by atoms with E-state index in [0.717, 1.165) is 35.1 Å². The lowest BCUT2D eigenvalue weighted by Gasteiger charge is -2.27. The van der Waals surface area contributed by atoms with Gasteiger partial charge in [-0.15, -0.1) is 11.6 Å². The molecule has 0 atom stereocenters. The molecule has 0 aromatic heterocycles. The van der Waals surface area contributed by atoms with Crippen LogP contribution in [0, 0.1) is 6.92 Å². The van der Waals surface area contributed by atoms with Gasteiger partial charge in [0, 0.05) is 11.3 Å². The SMILES string of the molecule is Cc1cc(C(C)(C)c2ccc(OCC(=O)CNS(C)(=O)=O)cc2)ccc1OCCCCl. The Morgan fingerprint density at radius 1 is 1.06 bits per heavy atom. The van der Waals surface area contributed by atoms with Crippen LogP contribution in [0.15, 0.2) is 42.5 Å². The van der Waals surface area contributed by atoms with Gasteiger partial charge >= 0.3 is 0 Å². The third-order valence-electron chi connectivity index (χ3n) is 4.94. The summed E-state index contributed by atoms with van der Waals surface area (Å²) in [6.45, 7) is 6.44. The number of halogens is 1. The smallest absolute Gasteiger partial charge is 0.209 e. The average molecular weight is 468 g/mol. The summed E-state index contributed by atoms with van der Waals surface area (Å²) in [7, 11) is -3.40. The van der Waals surface area contributed by atoms with E-state index in [9.17, 15) is 13.2 Å². The van der Waals surface area contributed by atoms with Crippen LogP contribution in [0.25, 0.3) is 0 Å². The fraction of sp³-hybridized carbons (Fsp3) is 0.435. The average Bonchev–Trinajstić information content (AvgIpc) is 2.71. The molecule has 0 saturated carbocycles. The van der Waals surface area contributed by atoms with Crippen LogP contribution in [0.1, 0.15) is 37.0 Å². The molecule has 0 aliphatic heterocycles. The zero-order valence-electron chi connectivity index (χ0n) is 18.4. The largest absolute Gasteiger partial charge is 0.493 e. The van der Waals surface area contributed by atoms with Crippen molar-refractivity contribution < 1.29 is 22.7 Å². The van der Waals surface area contributed by atoms with Gasteiger partial charge in [0.15, 0.2) is 5.78 Å². The van der Waals surface area contributed by atoms with E-state index in [1.54, 1.807) is 0 Å². The molecule has 0 amide bonds. The molecular formula is C23H30ClNO5S. The van der Waals surface area contributed by atoms with E-state index in [1.165, 1.54) is 0 Å². The van der Waals surface area contributed by atoms with Crippen molar-refractivity contribution in [3.8, 4) is 11.5 Å². The fourth-order valence-corrected chi connectivity index (χ4v) is 3.53. The van der Waals surface area contributed by atoms with Gasteiger partial charge in [0.25, 0.3) is 0 Å². The predicted molar refractivity (Wildman–Crippen MR) is 124 cm³/mol. The molecule has 0 spiro atoms. The molecule has 0 aliphatic rings. The number of rotatable bonds is 12. The van der Waals surface area contributed by atoms with Crippen LogP contribution in [0.4, 0.5) is 0 Å². The van der Waals surface area contributed by atoms with Crippen LogP contribution < -0.4 is 14.2 Å². The lowest BCUT2D eigenvalue weighted by Crippen LogP contribution is -2.31. The Bertz CT molecular complexity index is 988. The zero-order chi connectivity index (χ0) is 23.1. The first-order valence-corrected chi connectivity index (χ1v) is 12.4. The van der Waals surface area contributed by atoms with Gasteiger partial charge in [0.2, 0.25) is 10.0 Å². The van der Waals surface area contributed by atoms with Gasteiger partial charge in [0.05, 0.1) is 19.4 Å². The van der Waals surface area contributed by atoms with E-state index in [1.807, 2.05) is 37.3 Å². The number of ether oxygens (including phenoxy) is 2. The summed E-state index contributed by atoms with van der Waals surface area (Å²) < 4.78 is 35.5. The molecule has 31 heavy (non-hydrogen) atoms. The van der Waals surface area contributed by atoms with Crippen molar-refractivity contribution in [2.24, 2.45) is 0 Å². The van der Waals surface area contributed by atoms with E-state index in [-0.39, 0.29) is 24.3 Å². The Morgan fingerprint density at radius 3 is 2.29 bits per heavy atom. The van der Waals surface area contributed by atoms with Crippen molar-refractivity contribution in [2.75, 3.05) is 31.9 Å². The highest BCUT2D eigenvalue weighted by Gasteiger charge is 2.24. The maximum Gasteiger partial charge on any atom is 0.209 e. The van der Waals surface area contributed by atoms with Crippen LogP contribution in [-0.4, -0.2) is 46.1 Å². The highest BCUT2D eigenvalue weighted by molar-refractivity contribution is 7.88. The van der Waals surface area contributed by atoms with Gasteiger partial charge in [-0.25, -0.2) is 13.1 Å². The van der Waals surface area contributed by atoms with Crippen LogP contribution in [0.2, 0.25) is 0 Å². The van der Waals surface area contributed by atoms with Gasteiger partial charge in [0.1, 0.15) is 18.1 Å². The molecule has 170 valence electrons. The molecule has 0 radical (unpaired) electrons. The topological polar surface area (TPSA) is 81.7 Å². The van der Waals surface area contributed by atoms with E-state index in [2.05, 4.69) is 30.7 Å². The first kappa shape index (κ1) is 25.2. The third-order valence-corrected chi connectivity index (χ3v) is 5.88. The molecule has 0 unspecified atom stereocenters. The molecule has 2 aromatic rings. The molecule has 1 N–H and O–H groups in total. The molecule has 0 aliphatic carbocycles. The van der Waals surface area contributed by atoms with Crippen LogP contribution in [-0.2, 0) is 20.2 Å². The Labute approximate surface area is 190 Å². The quantitative estimate of drug-likeness (QED) is 0.379. The predicted octanol–water partition coefficient (Wildman–Crippen LogP) is 3.83. The number of carbonyl (C=O) groups excluding carboxylic acids is 1. The monoisotopic (exact) mass is 467 g/mol. The third kappa shape index (κ3) is 7.83. The molecule has 2 rings (SSSR count). The van der Waals surface area contributed by atoms with Crippen molar-refractivity contribution in [3.05, 3.63) is 59.2 Å². The van der Waals surface area contributed by atoms with Crippen molar-refractivity contribution in [3.63, 3.8) is 0 Å². The highest BCUT2D eigenvalue weighted by Crippen LogP contribution is 2.34. The maximum atomic E-state index is 11.7. The number of alkyl halides is 1. The number of ketones is 1. The van der Waals surface area contributed by atoms with Crippen molar-refractivity contribution in [1.29, 1.82) is 0 Å². The summed E-state index contributed by atoms with van der Waals surface area (Å²) in [5.41, 5.74) is 3.08. The van der Waals surface area contributed by atoms with Gasteiger partial charge < -0.3 is 9.47 Å². The molecule has 0 fully saturated rings. The Balaban J connectivity index is 2.02. The van der Waals surface area contributed by atoms with Crippen molar-refractivity contribution in [2.45, 2.75) is 32.6 Å². The minimum atomic E-state index is -3.40. The number of Topliss-reactive ketones (excluding diaryl/α,β-unsaturated/α-hetero) is 1. The summed E-state index contributed by atoms with van der Waals surface area (Å²) in [5.74, 6) is 1.64. The molecule has 2 aromatic carbocycles. The summed E-state index contributed by atoms with van der Waals surface area (Å²) in [5, 5.41) is 0. The first-order chi connectivity index (χ1) is 14.5. The van der Waals surface area contributed by atoms with E-state index < -0.39 is 10.0 Å². The van der Waals surface area contributed by atoms with Gasteiger partial charge in [-0.2, -0.15) is 0 Å². The molecule has 0 heterocycles. The molecule has 0 saturated heterocycles. The van der Waals surface area contributed by atoms with E-state index in [0.29, 0.717) is 18.2 Å². The number of hydrogen-bond donors (Lipinski definition) is 1. The second-order valence-corrected chi connectivity index (χ2v) is 10.2. The van der Waals surface area contributed by atoms with E-state index >= 15 is 0 Å². The second kappa shape index (κ2) is 11.0. The Morgan fingerprint density at radius 2 is 1.71 bits per heavy atom. The Kier molecular flexibility index (Phi) is 8.91. The zero-order valence-corrected chi connectivity index (χ0v) is 20.0. The number of nitrogens with one attached hydrogen (secondary N) is 1. The number of aryl methyl sites for hydroxylation is 1. The number of carbonyl (C=O) groups is 1. The first-order valence-electron chi connectivity index (χ1n) is 10.0. The Hall–Kier alpha value is -2.09. The van der Waals surface area contributed by atoms with Crippen molar-refractivity contribution in [1.82, 2.24) is 4.72 Å². The fourth-order valence-electron chi connectivity index (χ4n) is 3.00. The highest BCUT2D eigenvalue weighted by atomic mass is 35.5. The number of sulfonamides is 1. The number of benzene rings is 2. The van der Waals surface area contributed by atoms with Crippen LogP contribution >= 0.6 is 11.6 Å².